The van der Waals surface area contributed by atoms with Crippen molar-refractivity contribution in [3.8, 4) is 17.1 Å². The van der Waals surface area contributed by atoms with Crippen LogP contribution >= 0.6 is 0 Å². The molecule has 1 aromatic carbocycles. The number of carbonyl (C=O) groups is 4. The van der Waals surface area contributed by atoms with Crippen LogP contribution in [0.2, 0.25) is 0 Å². The first-order valence-electron chi connectivity index (χ1n) is 20.5. The SMILES string of the molecule is CC(C)n1c(O[C@@H]2C[C@@H](C(N)=O)N(C(=O)[C@H](CCCCC/C=C\C3(C)C[C@@H]3C(=O)NS(=O)(=O)C3(C)CC3)NC(=O)OC(C)(C)C)C2)nc2c(-c3cncnc3)cccc21. The number of carbonyl (C=O) groups excluding carboxylic acids is 4. The molecule has 3 heterocycles. The van der Waals surface area contributed by atoms with Crippen LogP contribution in [0.3, 0.4) is 0 Å². The Labute approximate surface area is 346 Å². The standard InChI is InChI=1S/C42H58N8O8S/c1-26(2)50-32-16-13-14-29(27-22-44-25-45-23-27)34(32)47-38(50)57-28-20-33(35(43)51)49(24-28)37(53)31(46-39(54)58-40(3,4)5)15-11-9-8-10-12-17-41(6)21-30(41)36(52)48-59(55,56)42(7)18-19-42/h12-14,16-17,22-23,25-26,28,30-31,33H,8-11,15,18-21,24H2,1-7H3,(H2,43,51)(H,46,54)(H,48,52)/b17-12-/t28-,30-,31+,33+,41?/m1/s1. The summed E-state index contributed by atoms with van der Waals surface area (Å²) in [6.07, 6.45) is 12.5. The van der Waals surface area contributed by atoms with Gasteiger partial charge in [0.1, 0.15) is 35.6 Å². The molecule has 17 heteroatoms. The van der Waals surface area contributed by atoms with Gasteiger partial charge < -0.3 is 25.4 Å². The fourth-order valence-corrected chi connectivity index (χ4v) is 8.96. The van der Waals surface area contributed by atoms with Gasteiger partial charge in [-0.05, 0) is 91.5 Å². The van der Waals surface area contributed by atoms with E-state index in [0.29, 0.717) is 37.2 Å². The average molecular weight is 835 g/mol. The Kier molecular flexibility index (Phi) is 12.5. The summed E-state index contributed by atoms with van der Waals surface area (Å²) in [5.41, 5.74) is 7.85. The van der Waals surface area contributed by atoms with Crippen molar-refractivity contribution in [3.05, 3.63) is 49.1 Å². The van der Waals surface area contributed by atoms with Crippen LogP contribution in [0.4, 0.5) is 4.79 Å². The van der Waals surface area contributed by atoms with Crippen molar-refractivity contribution in [1.82, 2.24) is 34.5 Å². The van der Waals surface area contributed by atoms with Crippen LogP contribution in [0.15, 0.2) is 49.1 Å². The predicted octanol–water partition coefficient (Wildman–Crippen LogP) is 5.33. The highest BCUT2D eigenvalue weighted by Gasteiger charge is 2.56. The van der Waals surface area contributed by atoms with E-state index in [-0.39, 0.29) is 31.3 Å². The summed E-state index contributed by atoms with van der Waals surface area (Å²) < 4.78 is 40.4. The second-order valence-corrected chi connectivity index (χ2v) is 20.2. The van der Waals surface area contributed by atoms with E-state index in [1.165, 1.54) is 11.2 Å². The Morgan fingerprint density at radius 1 is 1.07 bits per heavy atom. The van der Waals surface area contributed by atoms with Crippen LogP contribution in [-0.2, 0) is 29.1 Å². The van der Waals surface area contributed by atoms with Gasteiger partial charge in [-0.1, -0.05) is 44.1 Å². The van der Waals surface area contributed by atoms with Crippen LogP contribution in [0, 0.1) is 11.3 Å². The van der Waals surface area contributed by atoms with E-state index >= 15 is 0 Å². The van der Waals surface area contributed by atoms with Crippen molar-refractivity contribution in [3.63, 3.8) is 0 Å². The van der Waals surface area contributed by atoms with Gasteiger partial charge in [-0.15, -0.1) is 0 Å². The zero-order valence-electron chi connectivity index (χ0n) is 35.1. The molecule has 2 saturated carbocycles. The number of ether oxygens (including phenoxy) is 2. The molecule has 3 aliphatic rings. The lowest BCUT2D eigenvalue weighted by Gasteiger charge is -2.28. The summed E-state index contributed by atoms with van der Waals surface area (Å²) in [7, 11) is -3.67. The number of fused-ring (bicyclic) bond motifs is 1. The Bertz CT molecular complexity index is 2200. The fourth-order valence-electron chi connectivity index (χ4n) is 7.67. The van der Waals surface area contributed by atoms with Gasteiger partial charge in [0, 0.05) is 41.9 Å². The maximum absolute atomic E-state index is 14.3. The van der Waals surface area contributed by atoms with Crippen LogP contribution < -0.4 is 20.5 Å². The molecule has 1 unspecified atom stereocenters. The van der Waals surface area contributed by atoms with Gasteiger partial charge in [-0.2, -0.15) is 4.98 Å². The Balaban J connectivity index is 1.09. The summed E-state index contributed by atoms with van der Waals surface area (Å²) in [5.74, 6) is -1.98. The van der Waals surface area contributed by atoms with Crippen molar-refractivity contribution in [2.45, 2.75) is 141 Å². The van der Waals surface area contributed by atoms with Gasteiger partial charge >= 0.3 is 6.09 Å². The molecule has 16 nitrogen and oxygen atoms in total. The van der Waals surface area contributed by atoms with Crippen molar-refractivity contribution in [1.29, 1.82) is 0 Å². The molecule has 0 spiro atoms. The molecule has 0 bridgehead atoms. The molecule has 3 fully saturated rings. The smallest absolute Gasteiger partial charge is 0.408 e. The number of alkyl carbamates (subject to hydrolysis) is 1. The second-order valence-electron chi connectivity index (χ2n) is 18.0. The number of likely N-dealkylation sites (tertiary alicyclic amines) is 1. The lowest BCUT2D eigenvalue weighted by atomic mass is 10.0. The number of rotatable bonds is 17. The maximum atomic E-state index is 14.3. The van der Waals surface area contributed by atoms with Gasteiger partial charge in [0.25, 0.3) is 6.01 Å². The molecule has 4 amide bonds. The highest BCUT2D eigenvalue weighted by molar-refractivity contribution is 7.91. The predicted molar refractivity (Wildman–Crippen MR) is 221 cm³/mol. The molecular weight excluding hydrogens is 777 g/mol. The largest absolute Gasteiger partial charge is 0.459 e. The van der Waals surface area contributed by atoms with Crippen LogP contribution in [0.1, 0.15) is 112 Å². The number of sulfonamides is 1. The summed E-state index contributed by atoms with van der Waals surface area (Å²) in [5, 5.41) is 2.75. The fraction of sp³-hybridized carbons (Fsp3) is 0.595. The first-order valence-corrected chi connectivity index (χ1v) is 22.0. The molecule has 1 saturated heterocycles. The quantitative estimate of drug-likeness (QED) is 0.117. The number of benzene rings is 1. The molecule has 2 aliphatic carbocycles. The number of hydrogen-bond donors (Lipinski definition) is 3. The first-order chi connectivity index (χ1) is 27.7. The third kappa shape index (κ3) is 10.0. The summed E-state index contributed by atoms with van der Waals surface area (Å²) in [6, 6.07) is 4.17. The highest BCUT2D eigenvalue weighted by atomic mass is 32.2. The molecule has 2 aromatic heterocycles. The van der Waals surface area contributed by atoms with E-state index in [9.17, 15) is 27.6 Å². The number of hydrogen-bond acceptors (Lipinski definition) is 11. The second kappa shape index (κ2) is 16.9. The van der Waals surface area contributed by atoms with Gasteiger partial charge in [-0.25, -0.2) is 23.2 Å². The van der Waals surface area contributed by atoms with E-state index < -0.39 is 67.8 Å². The Morgan fingerprint density at radius 2 is 1.78 bits per heavy atom. The third-order valence-electron chi connectivity index (χ3n) is 11.5. The number of nitrogens with zero attached hydrogens (tertiary/aromatic N) is 5. The molecule has 5 atom stereocenters. The van der Waals surface area contributed by atoms with E-state index in [1.807, 2.05) is 55.7 Å². The van der Waals surface area contributed by atoms with Gasteiger partial charge in [-0.3, -0.25) is 23.7 Å². The summed E-state index contributed by atoms with van der Waals surface area (Å²) >= 11 is 0. The minimum Gasteiger partial charge on any atom is -0.459 e. The molecule has 1 aliphatic heterocycles. The number of unbranched alkanes of at least 4 members (excludes halogenated alkanes) is 3. The highest BCUT2D eigenvalue weighted by Crippen LogP contribution is 2.54. The van der Waals surface area contributed by atoms with Gasteiger partial charge in [0.2, 0.25) is 27.7 Å². The van der Waals surface area contributed by atoms with Crippen molar-refractivity contribution < 1.29 is 37.1 Å². The molecule has 0 radical (unpaired) electrons. The lowest BCUT2D eigenvalue weighted by Crippen LogP contribution is -2.53. The lowest BCUT2D eigenvalue weighted by molar-refractivity contribution is -0.139. The number of nitrogens with one attached hydrogen (secondary N) is 2. The zero-order chi connectivity index (χ0) is 42.9. The monoisotopic (exact) mass is 834 g/mol. The molecule has 3 aromatic rings. The Morgan fingerprint density at radius 3 is 2.42 bits per heavy atom. The van der Waals surface area contributed by atoms with E-state index in [2.05, 4.69) is 20.0 Å². The normalized spacial score (nSPS) is 23.0. The molecule has 59 heavy (non-hydrogen) atoms. The third-order valence-corrected chi connectivity index (χ3v) is 13.7. The number of aromatic nitrogens is 4. The van der Waals surface area contributed by atoms with Gasteiger partial charge in [0.15, 0.2) is 0 Å². The number of para-hydroxylation sites is 1. The molecular formula is C42H58N8O8S. The minimum absolute atomic E-state index is 0.0389. The van der Waals surface area contributed by atoms with E-state index in [0.717, 1.165) is 35.9 Å². The molecule has 320 valence electrons. The zero-order valence-corrected chi connectivity index (χ0v) is 35.9. The molecule has 6 rings (SSSR count). The Hall–Kier alpha value is -5.06. The summed E-state index contributed by atoms with van der Waals surface area (Å²) in [6.45, 7) is 12.9. The molecule has 4 N–H and O–H groups in total. The number of nitrogens with two attached hydrogens (primary N) is 1. The van der Waals surface area contributed by atoms with Crippen LogP contribution in [0.25, 0.3) is 22.2 Å². The number of primary amides is 1. The maximum Gasteiger partial charge on any atom is 0.408 e. The number of imidazole rings is 1. The van der Waals surface area contributed by atoms with Gasteiger partial charge in [0.05, 0.1) is 16.8 Å². The minimum atomic E-state index is -3.67. The van der Waals surface area contributed by atoms with E-state index in [4.69, 9.17) is 20.2 Å². The topological polar surface area (TPSA) is 218 Å². The van der Waals surface area contributed by atoms with E-state index in [1.54, 1.807) is 40.1 Å². The van der Waals surface area contributed by atoms with Crippen molar-refractivity contribution in [2.75, 3.05) is 6.54 Å². The number of allylic oxidation sites excluding steroid dienone is 2. The van der Waals surface area contributed by atoms with Crippen LogP contribution in [-0.4, -0.2) is 91.7 Å². The van der Waals surface area contributed by atoms with Crippen molar-refractivity contribution in [2.24, 2.45) is 17.1 Å². The average Bonchev–Trinajstić information content (AvgIpc) is 3.96. The first kappa shape index (κ1) is 43.5. The summed E-state index contributed by atoms with van der Waals surface area (Å²) in [4.78, 5) is 67.4. The van der Waals surface area contributed by atoms with Crippen LogP contribution in [0.5, 0.6) is 6.01 Å². The van der Waals surface area contributed by atoms with Crippen molar-refractivity contribution >= 4 is 44.9 Å². The number of amides is 4.